The van der Waals surface area contributed by atoms with Crippen LogP contribution in [0.25, 0.3) is 0 Å². The molecule has 76 valence electrons. The van der Waals surface area contributed by atoms with Crippen molar-refractivity contribution in [2.24, 2.45) is 0 Å². The molecule has 1 N–H and O–H groups in total. The van der Waals surface area contributed by atoms with Crippen molar-refractivity contribution in [1.29, 1.82) is 0 Å². The van der Waals surface area contributed by atoms with Gasteiger partial charge in [-0.25, -0.2) is 0 Å². The third-order valence-corrected chi connectivity index (χ3v) is 1.74. The number of methoxy groups -OCH3 is 1. The Hall–Kier alpha value is -2.28. The normalized spacial score (nSPS) is 8.60. The Balaban J connectivity index is 3.34. The number of carbonyl (C=O) groups is 2. The maximum absolute atomic E-state index is 10.6. The summed E-state index contributed by atoms with van der Waals surface area (Å²) in [6.07, 6.45) is 0.974. The third-order valence-electron chi connectivity index (χ3n) is 1.74. The Morgan fingerprint density at radius 2 is 2.13 bits per heavy atom. The molecular weight excluding hydrogens is 196 g/mol. The summed E-state index contributed by atoms with van der Waals surface area (Å²) in [4.78, 5) is 20.7. The highest BCUT2D eigenvalue weighted by molar-refractivity contribution is 5.83. The van der Waals surface area contributed by atoms with Gasteiger partial charge in [-0.05, 0) is 12.0 Å². The molecule has 0 fully saturated rings. The molecule has 0 aliphatic heterocycles. The number of carbonyl (C=O) groups excluding carboxylic acids is 2. The van der Waals surface area contributed by atoms with Gasteiger partial charge in [0.2, 0.25) is 0 Å². The van der Waals surface area contributed by atoms with Gasteiger partial charge < -0.3 is 9.84 Å². The summed E-state index contributed by atoms with van der Waals surface area (Å²) < 4.78 is 4.84. The fourth-order valence-electron chi connectivity index (χ4n) is 1.06. The first-order valence-corrected chi connectivity index (χ1v) is 4.04. The zero-order chi connectivity index (χ0) is 11.3. The van der Waals surface area contributed by atoms with Gasteiger partial charge in [-0.1, -0.05) is 5.92 Å². The first-order chi connectivity index (χ1) is 7.22. The second kappa shape index (κ2) is 4.82. The van der Waals surface area contributed by atoms with Gasteiger partial charge in [0.15, 0.2) is 24.1 Å². The lowest BCUT2D eigenvalue weighted by Crippen LogP contribution is -1.91. The van der Waals surface area contributed by atoms with Crippen molar-refractivity contribution < 1.29 is 19.4 Å². The van der Waals surface area contributed by atoms with Crippen LogP contribution in [0.1, 0.15) is 15.9 Å². The van der Waals surface area contributed by atoms with Crippen molar-refractivity contribution in [2.45, 2.75) is 0 Å². The lowest BCUT2D eigenvalue weighted by molar-refractivity contribution is -0.103. The van der Waals surface area contributed by atoms with E-state index in [1.54, 1.807) is 0 Å². The van der Waals surface area contributed by atoms with Crippen LogP contribution in [0.2, 0.25) is 0 Å². The maximum atomic E-state index is 10.6. The van der Waals surface area contributed by atoms with Gasteiger partial charge in [-0.2, -0.15) is 0 Å². The molecule has 0 unspecified atom stereocenters. The largest absolute Gasteiger partial charge is 0.504 e. The van der Waals surface area contributed by atoms with E-state index in [2.05, 4.69) is 11.8 Å². The van der Waals surface area contributed by atoms with E-state index in [9.17, 15) is 14.7 Å². The van der Waals surface area contributed by atoms with E-state index < -0.39 is 0 Å². The number of benzene rings is 1. The Kier molecular flexibility index (Phi) is 3.47. The number of phenols is 1. The summed E-state index contributed by atoms with van der Waals surface area (Å²) in [6, 6.07) is 2.64. The predicted octanol–water partition coefficient (Wildman–Crippen LogP) is 0.764. The van der Waals surface area contributed by atoms with E-state index in [-0.39, 0.29) is 17.1 Å². The molecule has 1 rings (SSSR count). The highest BCUT2D eigenvalue weighted by Crippen LogP contribution is 2.28. The highest BCUT2D eigenvalue weighted by atomic mass is 16.5. The minimum absolute atomic E-state index is 0.142. The number of aromatic hydroxyl groups is 1. The molecule has 1 aromatic rings. The second-order valence-electron chi connectivity index (χ2n) is 2.62. The van der Waals surface area contributed by atoms with E-state index in [0.717, 1.165) is 0 Å². The molecule has 0 bridgehead atoms. The molecule has 0 radical (unpaired) electrons. The molecule has 0 aliphatic rings. The molecule has 0 atom stereocenters. The number of ether oxygens (including phenoxy) is 1. The van der Waals surface area contributed by atoms with Gasteiger partial charge in [0.1, 0.15) is 0 Å². The highest BCUT2D eigenvalue weighted by Gasteiger charge is 2.07. The summed E-state index contributed by atoms with van der Waals surface area (Å²) in [5.41, 5.74) is 0.550. The zero-order valence-electron chi connectivity index (χ0n) is 7.98. The first-order valence-electron chi connectivity index (χ1n) is 4.04. The Labute approximate surface area is 86.5 Å². The number of hydrogen-bond donors (Lipinski definition) is 1. The van der Waals surface area contributed by atoms with Crippen LogP contribution >= 0.6 is 0 Å². The van der Waals surface area contributed by atoms with Gasteiger partial charge in [0.25, 0.3) is 0 Å². The van der Waals surface area contributed by atoms with Crippen molar-refractivity contribution in [3.05, 3.63) is 23.3 Å². The summed E-state index contributed by atoms with van der Waals surface area (Å²) in [6.45, 7) is 0. The Bertz CT molecular complexity index is 452. The van der Waals surface area contributed by atoms with Gasteiger partial charge >= 0.3 is 0 Å². The molecule has 0 amide bonds. The van der Waals surface area contributed by atoms with Crippen LogP contribution in [0.3, 0.4) is 0 Å². The lowest BCUT2D eigenvalue weighted by atomic mass is 10.1. The molecule has 0 heterocycles. The Morgan fingerprint density at radius 3 is 2.67 bits per heavy atom. The summed E-state index contributed by atoms with van der Waals surface area (Å²) in [5, 5.41) is 9.37. The summed E-state index contributed by atoms with van der Waals surface area (Å²) in [7, 11) is 1.38. The molecule has 1 aromatic carbocycles. The Morgan fingerprint density at radius 1 is 1.40 bits per heavy atom. The smallest absolute Gasteiger partial charge is 0.193 e. The van der Waals surface area contributed by atoms with E-state index in [1.165, 1.54) is 19.2 Å². The molecule has 4 heteroatoms. The number of aldehydes is 2. The van der Waals surface area contributed by atoms with E-state index in [1.807, 2.05) is 0 Å². The molecule has 0 saturated carbocycles. The second-order valence-corrected chi connectivity index (χ2v) is 2.62. The minimum Gasteiger partial charge on any atom is -0.504 e. The standard InChI is InChI=1S/C11H8O4/c1-15-11-6-8(3-2-4-12)9(7-13)5-10(11)14/h4-7,14H,1H3. The molecule has 4 nitrogen and oxygen atoms in total. The third kappa shape index (κ3) is 2.35. The minimum atomic E-state index is -0.142. The van der Waals surface area contributed by atoms with Crippen LogP contribution in [0, 0.1) is 11.8 Å². The van der Waals surface area contributed by atoms with Crippen LogP contribution in [-0.2, 0) is 4.79 Å². The van der Waals surface area contributed by atoms with Gasteiger partial charge in [0.05, 0.1) is 7.11 Å². The number of hydrogen-bond acceptors (Lipinski definition) is 4. The van der Waals surface area contributed by atoms with E-state index in [0.29, 0.717) is 18.1 Å². The SMILES string of the molecule is COc1cc(C#CC=O)c(C=O)cc1O. The van der Waals surface area contributed by atoms with E-state index >= 15 is 0 Å². The van der Waals surface area contributed by atoms with Crippen LogP contribution in [0.5, 0.6) is 11.5 Å². The molecule has 15 heavy (non-hydrogen) atoms. The summed E-state index contributed by atoms with van der Waals surface area (Å²) >= 11 is 0. The quantitative estimate of drug-likeness (QED) is 0.570. The van der Waals surface area contributed by atoms with Crippen LogP contribution in [0.15, 0.2) is 12.1 Å². The predicted molar refractivity (Wildman–Crippen MR) is 53.0 cm³/mol. The van der Waals surface area contributed by atoms with Gasteiger partial charge in [-0.15, -0.1) is 0 Å². The fraction of sp³-hybridized carbons (Fsp3) is 0.0909. The van der Waals surface area contributed by atoms with E-state index in [4.69, 9.17) is 4.74 Å². The maximum Gasteiger partial charge on any atom is 0.193 e. The monoisotopic (exact) mass is 204 g/mol. The van der Waals surface area contributed by atoms with Crippen molar-refractivity contribution in [2.75, 3.05) is 7.11 Å². The molecular formula is C11H8O4. The average molecular weight is 204 g/mol. The number of phenolic OH excluding ortho intramolecular Hbond substituents is 1. The molecule has 0 spiro atoms. The number of rotatable bonds is 2. The molecule has 0 saturated heterocycles. The lowest BCUT2D eigenvalue weighted by Gasteiger charge is -2.05. The summed E-state index contributed by atoms with van der Waals surface area (Å²) in [5.74, 6) is 4.72. The first kappa shape index (κ1) is 10.8. The van der Waals surface area contributed by atoms with Crippen molar-refractivity contribution in [3.8, 4) is 23.3 Å². The fourth-order valence-corrected chi connectivity index (χ4v) is 1.06. The van der Waals surface area contributed by atoms with Gasteiger partial charge in [-0.3, -0.25) is 9.59 Å². The topological polar surface area (TPSA) is 63.6 Å². The van der Waals surface area contributed by atoms with Crippen LogP contribution < -0.4 is 4.74 Å². The van der Waals surface area contributed by atoms with Crippen LogP contribution in [0.4, 0.5) is 0 Å². The van der Waals surface area contributed by atoms with Crippen molar-refractivity contribution in [1.82, 2.24) is 0 Å². The average Bonchev–Trinajstić information content (AvgIpc) is 2.26. The molecule has 0 aliphatic carbocycles. The van der Waals surface area contributed by atoms with Crippen molar-refractivity contribution in [3.63, 3.8) is 0 Å². The van der Waals surface area contributed by atoms with Crippen molar-refractivity contribution >= 4 is 12.6 Å². The van der Waals surface area contributed by atoms with Gasteiger partial charge in [0, 0.05) is 17.2 Å². The van der Waals surface area contributed by atoms with Crippen LogP contribution in [-0.4, -0.2) is 24.8 Å². The zero-order valence-corrected chi connectivity index (χ0v) is 7.98. The molecule has 0 aromatic heterocycles.